The molecule has 3 aliphatic carbocycles. The van der Waals surface area contributed by atoms with Crippen molar-refractivity contribution >= 4 is 104 Å². The summed E-state index contributed by atoms with van der Waals surface area (Å²) < 4.78 is 0. The third-order valence-corrected chi connectivity index (χ3v) is 14.5. The molecular formula is C66H39N9O9. The fraction of sp³-hybridized carbons (Fsp3) is 0. The molecule has 10 aromatic rings. The van der Waals surface area contributed by atoms with Crippen LogP contribution in [0.3, 0.4) is 0 Å². The van der Waals surface area contributed by atoms with E-state index < -0.39 is 52.4 Å². The molecule has 0 radical (unpaired) electrons. The number of hydrogen-bond acceptors (Lipinski definition) is 15. The summed E-state index contributed by atoms with van der Waals surface area (Å²) in [4.78, 5) is 143. The highest BCUT2D eigenvalue weighted by atomic mass is 16.2. The van der Waals surface area contributed by atoms with Crippen molar-refractivity contribution in [2.75, 3.05) is 31.9 Å². The number of anilines is 9. The molecule has 0 fully saturated rings. The zero-order valence-corrected chi connectivity index (χ0v) is 43.6. The maximum Gasteiger partial charge on any atom is 0.255 e. The molecule has 0 bridgehead atoms. The average molecular weight is 1100 g/mol. The Kier molecular flexibility index (Phi) is 12.7. The van der Waals surface area contributed by atoms with Crippen molar-refractivity contribution in [3.05, 3.63) is 284 Å². The normalized spacial score (nSPS) is 12.6. The first-order valence-corrected chi connectivity index (χ1v) is 26.1. The van der Waals surface area contributed by atoms with E-state index in [2.05, 4.69) is 31.9 Å². The summed E-state index contributed by atoms with van der Waals surface area (Å²) in [6.07, 6.45) is 0. The number of fused-ring (bicyclic) bond motifs is 6. The summed E-state index contributed by atoms with van der Waals surface area (Å²) in [5, 5.41) is 17.7. The molecule has 1 aromatic heterocycles. The number of amides is 3. The van der Waals surface area contributed by atoms with Crippen LogP contribution in [0, 0.1) is 0 Å². The van der Waals surface area contributed by atoms with Crippen molar-refractivity contribution in [1.29, 1.82) is 0 Å². The van der Waals surface area contributed by atoms with Crippen LogP contribution in [0.5, 0.6) is 0 Å². The molecule has 13 rings (SSSR count). The quantitative estimate of drug-likeness (QED) is 0.0664. The molecule has 0 atom stereocenters. The maximum absolute atomic E-state index is 14.7. The van der Waals surface area contributed by atoms with Crippen LogP contribution in [0.1, 0.15) is 127 Å². The van der Waals surface area contributed by atoms with Gasteiger partial charge in [0.2, 0.25) is 17.8 Å². The third-order valence-electron chi connectivity index (χ3n) is 14.5. The number of rotatable bonds is 12. The SMILES string of the molecule is O=C(Nc1ccc(Nc2nc(Nc3ccc(NC(=O)c4ccccc4)c4c3C(=O)c3ccccc3C4=O)nc(Nc3ccc(NC(=O)c4ccccc4)c4c3C(=O)c3ccccc3C4=O)n2)c2c1C(=O)c1ccccc1C2=O)c1ccccc1. The summed E-state index contributed by atoms with van der Waals surface area (Å²) in [7, 11) is 0. The number of ketones is 6. The molecule has 18 nitrogen and oxygen atoms in total. The van der Waals surface area contributed by atoms with Gasteiger partial charge in [-0.3, -0.25) is 43.2 Å². The molecule has 0 saturated carbocycles. The van der Waals surface area contributed by atoms with E-state index >= 15 is 0 Å². The minimum Gasteiger partial charge on any atom is -0.323 e. The molecule has 1 heterocycles. The highest BCUT2D eigenvalue weighted by Crippen LogP contribution is 2.42. The van der Waals surface area contributed by atoms with Crippen LogP contribution < -0.4 is 31.9 Å². The van der Waals surface area contributed by atoms with Gasteiger partial charge in [-0.1, -0.05) is 127 Å². The monoisotopic (exact) mass is 1100 g/mol. The molecule has 18 heteroatoms. The Morgan fingerprint density at radius 3 is 0.655 bits per heavy atom. The molecule has 0 saturated heterocycles. The van der Waals surface area contributed by atoms with Gasteiger partial charge in [-0.05, 0) is 72.8 Å². The van der Waals surface area contributed by atoms with Gasteiger partial charge in [0.25, 0.3) is 17.7 Å². The lowest BCUT2D eigenvalue weighted by molar-refractivity contribution is 0.0979. The van der Waals surface area contributed by atoms with Crippen molar-refractivity contribution in [1.82, 2.24) is 15.0 Å². The van der Waals surface area contributed by atoms with Gasteiger partial charge in [-0.25, -0.2) is 0 Å². The van der Waals surface area contributed by atoms with E-state index in [-0.39, 0.29) is 119 Å². The first-order valence-electron chi connectivity index (χ1n) is 26.1. The third kappa shape index (κ3) is 8.99. The van der Waals surface area contributed by atoms with Crippen LogP contribution in [0.4, 0.5) is 52.0 Å². The van der Waals surface area contributed by atoms with E-state index in [4.69, 9.17) is 15.0 Å². The first kappa shape index (κ1) is 51.3. The van der Waals surface area contributed by atoms with Crippen LogP contribution in [0.15, 0.2) is 200 Å². The lowest BCUT2D eigenvalue weighted by Crippen LogP contribution is -2.26. The van der Waals surface area contributed by atoms with Gasteiger partial charge in [0.05, 0.1) is 67.5 Å². The van der Waals surface area contributed by atoms with Crippen molar-refractivity contribution in [3.8, 4) is 0 Å². The molecule has 84 heavy (non-hydrogen) atoms. The number of benzene rings is 9. The van der Waals surface area contributed by atoms with Crippen molar-refractivity contribution < 1.29 is 43.2 Å². The number of carbonyl (C=O) groups excluding carboxylic acids is 9. The lowest BCUT2D eigenvalue weighted by atomic mass is 9.82. The predicted molar refractivity (Wildman–Crippen MR) is 312 cm³/mol. The Bertz CT molecular complexity index is 4100. The fourth-order valence-electron chi connectivity index (χ4n) is 10.6. The topological polar surface area (TPSA) is 264 Å². The zero-order chi connectivity index (χ0) is 57.8. The molecular weight excluding hydrogens is 1060 g/mol. The van der Waals surface area contributed by atoms with Gasteiger partial charge in [0.15, 0.2) is 34.7 Å². The smallest absolute Gasteiger partial charge is 0.255 e. The van der Waals surface area contributed by atoms with Gasteiger partial charge in [0, 0.05) is 50.1 Å². The molecule has 402 valence electrons. The summed E-state index contributed by atoms with van der Waals surface area (Å²) in [5.74, 6) is -5.92. The van der Waals surface area contributed by atoms with Crippen LogP contribution in [-0.4, -0.2) is 67.4 Å². The van der Waals surface area contributed by atoms with Crippen LogP contribution in [0.25, 0.3) is 0 Å². The van der Waals surface area contributed by atoms with Gasteiger partial charge in [0.1, 0.15) is 0 Å². The Hall–Kier alpha value is -12.2. The molecule has 0 spiro atoms. The maximum atomic E-state index is 14.7. The van der Waals surface area contributed by atoms with E-state index in [9.17, 15) is 43.2 Å². The summed E-state index contributed by atoms with van der Waals surface area (Å²) >= 11 is 0. The first-order chi connectivity index (χ1) is 40.9. The number of carbonyl (C=O) groups is 9. The Balaban J connectivity index is 0.957. The average Bonchev–Trinajstić information content (AvgIpc) is 1.83. The fourth-order valence-corrected chi connectivity index (χ4v) is 10.6. The lowest BCUT2D eigenvalue weighted by Gasteiger charge is -2.24. The minimum atomic E-state index is -0.576. The van der Waals surface area contributed by atoms with Crippen molar-refractivity contribution in [2.24, 2.45) is 0 Å². The molecule has 3 aliphatic rings. The second-order valence-corrected chi connectivity index (χ2v) is 19.5. The second kappa shape index (κ2) is 20.8. The summed E-state index contributed by atoms with van der Waals surface area (Å²) in [6, 6.07) is 52.5. The van der Waals surface area contributed by atoms with E-state index in [1.54, 1.807) is 127 Å². The van der Waals surface area contributed by atoms with E-state index in [1.807, 2.05) is 0 Å². The van der Waals surface area contributed by atoms with Gasteiger partial charge >= 0.3 is 0 Å². The number of aromatic nitrogens is 3. The van der Waals surface area contributed by atoms with Gasteiger partial charge < -0.3 is 31.9 Å². The summed E-state index contributed by atoms with van der Waals surface area (Å²) in [5.41, 5.74) is 0.861. The van der Waals surface area contributed by atoms with Gasteiger partial charge in [-0.2, -0.15) is 15.0 Å². The Morgan fingerprint density at radius 1 is 0.238 bits per heavy atom. The van der Waals surface area contributed by atoms with E-state index in [1.165, 1.54) is 72.8 Å². The molecule has 0 aliphatic heterocycles. The van der Waals surface area contributed by atoms with Gasteiger partial charge in [-0.15, -0.1) is 0 Å². The van der Waals surface area contributed by atoms with Crippen LogP contribution >= 0.6 is 0 Å². The highest BCUT2D eigenvalue weighted by molar-refractivity contribution is 6.35. The number of hydrogen-bond donors (Lipinski definition) is 6. The number of nitrogens with one attached hydrogen (secondary N) is 6. The van der Waals surface area contributed by atoms with E-state index in [0.29, 0.717) is 16.7 Å². The molecule has 9 aromatic carbocycles. The molecule has 3 amide bonds. The van der Waals surface area contributed by atoms with Crippen LogP contribution in [0.2, 0.25) is 0 Å². The highest BCUT2D eigenvalue weighted by Gasteiger charge is 2.38. The Labute approximate surface area is 476 Å². The largest absolute Gasteiger partial charge is 0.323 e. The predicted octanol–water partition coefficient (Wildman–Crippen LogP) is 11.2. The summed E-state index contributed by atoms with van der Waals surface area (Å²) in [6.45, 7) is 0. The standard InChI is InChI=1S/C66H39N9O9/c76-55-37-22-10-13-25-40(37)58(79)52-46(31-28-43(49(52)55)67-61(82)34-16-4-1-5-17-34)70-64-73-65(71-47-32-29-44(68-62(83)35-18-6-2-7-19-35)50-53(47)59(80)41-26-14-11-23-38(41)56(50)77)75-66(74-64)72-48-33-30-45(69-63(84)36-20-8-3-9-21-36)51-54(48)60(81)42-27-15-12-24-39(42)57(51)78/h1-33H,(H,67,82)(H,68,83)(H,69,84)(H3,70,71,72,73,74,75). The molecule has 0 unspecified atom stereocenters. The van der Waals surface area contributed by atoms with E-state index in [0.717, 1.165) is 0 Å². The molecule has 6 N–H and O–H groups in total. The van der Waals surface area contributed by atoms with Crippen LogP contribution in [-0.2, 0) is 0 Å². The van der Waals surface area contributed by atoms with Crippen molar-refractivity contribution in [3.63, 3.8) is 0 Å². The number of nitrogens with zero attached hydrogens (tertiary/aromatic N) is 3. The second-order valence-electron chi connectivity index (χ2n) is 19.5. The zero-order valence-electron chi connectivity index (χ0n) is 43.6. The Morgan fingerprint density at radius 2 is 0.429 bits per heavy atom. The minimum absolute atomic E-state index is 0.0141. The van der Waals surface area contributed by atoms with Crippen molar-refractivity contribution in [2.45, 2.75) is 0 Å².